The maximum absolute atomic E-state index is 12.1. The number of hydrogen-bond acceptors (Lipinski definition) is 3. The SMILES string of the molecule is Cc1ccc(CC(=O)N/N=C\c2cccc(OCc3ccccc3Cl)c2)c(C)c1. The van der Waals surface area contributed by atoms with Gasteiger partial charge in [-0.2, -0.15) is 5.10 Å². The molecule has 148 valence electrons. The van der Waals surface area contributed by atoms with Crippen LogP contribution in [-0.4, -0.2) is 12.1 Å². The predicted octanol–water partition coefficient (Wildman–Crippen LogP) is 5.23. The summed E-state index contributed by atoms with van der Waals surface area (Å²) < 4.78 is 5.81. The van der Waals surface area contributed by atoms with Crippen molar-refractivity contribution in [2.24, 2.45) is 5.10 Å². The maximum atomic E-state index is 12.1. The summed E-state index contributed by atoms with van der Waals surface area (Å²) >= 11 is 6.15. The van der Waals surface area contributed by atoms with Gasteiger partial charge in [-0.3, -0.25) is 4.79 Å². The summed E-state index contributed by atoms with van der Waals surface area (Å²) in [5.74, 6) is 0.551. The van der Waals surface area contributed by atoms with Gasteiger partial charge in [0.1, 0.15) is 12.4 Å². The van der Waals surface area contributed by atoms with Crippen LogP contribution in [0.1, 0.15) is 27.8 Å². The number of ether oxygens (including phenoxy) is 1. The minimum absolute atomic E-state index is 0.153. The van der Waals surface area contributed by atoms with E-state index in [0.29, 0.717) is 23.8 Å². The molecular weight excluding hydrogens is 384 g/mol. The van der Waals surface area contributed by atoms with Gasteiger partial charge in [-0.15, -0.1) is 0 Å². The molecule has 0 aliphatic rings. The van der Waals surface area contributed by atoms with E-state index in [1.54, 1.807) is 6.21 Å². The van der Waals surface area contributed by atoms with E-state index in [4.69, 9.17) is 16.3 Å². The second-order valence-corrected chi connectivity index (χ2v) is 7.26. The molecule has 0 atom stereocenters. The van der Waals surface area contributed by atoms with Gasteiger partial charge in [-0.25, -0.2) is 5.43 Å². The molecule has 0 spiro atoms. The van der Waals surface area contributed by atoms with Crippen molar-refractivity contribution < 1.29 is 9.53 Å². The number of rotatable bonds is 7. The van der Waals surface area contributed by atoms with Crippen LogP contribution < -0.4 is 10.2 Å². The Kier molecular flexibility index (Phi) is 7.04. The Morgan fingerprint density at radius 2 is 1.86 bits per heavy atom. The molecule has 3 aromatic rings. The summed E-state index contributed by atoms with van der Waals surface area (Å²) in [5, 5.41) is 4.73. The number of hydrazone groups is 1. The van der Waals surface area contributed by atoms with E-state index >= 15 is 0 Å². The third-order valence-corrected chi connectivity index (χ3v) is 4.83. The lowest BCUT2D eigenvalue weighted by molar-refractivity contribution is -0.120. The molecule has 3 aromatic carbocycles. The third kappa shape index (κ3) is 6.19. The van der Waals surface area contributed by atoms with Crippen LogP contribution in [-0.2, 0) is 17.8 Å². The van der Waals surface area contributed by atoms with E-state index in [1.807, 2.05) is 74.5 Å². The zero-order chi connectivity index (χ0) is 20.6. The van der Waals surface area contributed by atoms with Gasteiger partial charge in [0.2, 0.25) is 5.91 Å². The second kappa shape index (κ2) is 9.89. The average Bonchev–Trinajstić information content (AvgIpc) is 2.70. The van der Waals surface area contributed by atoms with Gasteiger partial charge >= 0.3 is 0 Å². The van der Waals surface area contributed by atoms with Crippen LogP contribution in [0.25, 0.3) is 0 Å². The number of carbonyl (C=O) groups excluding carboxylic acids is 1. The molecule has 4 nitrogen and oxygen atoms in total. The van der Waals surface area contributed by atoms with E-state index in [0.717, 1.165) is 22.3 Å². The van der Waals surface area contributed by atoms with Crippen molar-refractivity contribution in [3.8, 4) is 5.75 Å². The molecule has 0 radical (unpaired) electrons. The summed E-state index contributed by atoms with van der Waals surface area (Å²) in [7, 11) is 0. The lowest BCUT2D eigenvalue weighted by Crippen LogP contribution is -2.20. The zero-order valence-electron chi connectivity index (χ0n) is 16.5. The number of aryl methyl sites for hydroxylation is 2. The summed E-state index contributed by atoms with van der Waals surface area (Å²) in [4.78, 5) is 12.1. The van der Waals surface area contributed by atoms with Crippen LogP contribution in [0.3, 0.4) is 0 Å². The minimum atomic E-state index is -0.153. The Morgan fingerprint density at radius 1 is 1.03 bits per heavy atom. The summed E-state index contributed by atoms with van der Waals surface area (Å²) in [6.07, 6.45) is 1.90. The number of carbonyl (C=O) groups is 1. The standard InChI is InChI=1S/C24H23ClN2O2/c1-17-10-11-20(18(2)12-17)14-24(28)27-26-15-19-6-5-8-22(13-19)29-16-21-7-3-4-9-23(21)25/h3-13,15H,14,16H2,1-2H3,(H,27,28)/b26-15-. The number of nitrogens with one attached hydrogen (secondary N) is 1. The maximum Gasteiger partial charge on any atom is 0.244 e. The van der Waals surface area contributed by atoms with Gasteiger partial charge in [0.25, 0.3) is 0 Å². The van der Waals surface area contributed by atoms with Crippen LogP contribution in [0.2, 0.25) is 5.02 Å². The van der Waals surface area contributed by atoms with Gasteiger partial charge < -0.3 is 4.74 Å². The van der Waals surface area contributed by atoms with Crippen molar-refractivity contribution >= 4 is 23.7 Å². The first-order valence-electron chi connectivity index (χ1n) is 9.35. The molecule has 0 bridgehead atoms. The molecule has 3 rings (SSSR count). The Hall–Kier alpha value is -3.11. The largest absolute Gasteiger partial charge is 0.489 e. The Morgan fingerprint density at radius 3 is 2.66 bits per heavy atom. The quantitative estimate of drug-likeness (QED) is 0.431. The van der Waals surface area contributed by atoms with Crippen molar-refractivity contribution in [2.75, 3.05) is 0 Å². The van der Waals surface area contributed by atoms with E-state index in [2.05, 4.69) is 16.6 Å². The highest BCUT2D eigenvalue weighted by Gasteiger charge is 2.05. The van der Waals surface area contributed by atoms with Gasteiger partial charge in [0, 0.05) is 10.6 Å². The first kappa shape index (κ1) is 20.6. The van der Waals surface area contributed by atoms with Crippen molar-refractivity contribution in [1.29, 1.82) is 0 Å². The van der Waals surface area contributed by atoms with Crippen molar-refractivity contribution in [2.45, 2.75) is 26.9 Å². The molecule has 29 heavy (non-hydrogen) atoms. The third-order valence-electron chi connectivity index (χ3n) is 4.46. The predicted molar refractivity (Wildman–Crippen MR) is 118 cm³/mol. The van der Waals surface area contributed by atoms with Crippen LogP contribution >= 0.6 is 11.6 Å². The summed E-state index contributed by atoms with van der Waals surface area (Å²) in [5.41, 5.74) is 7.61. The van der Waals surface area contributed by atoms with Gasteiger partial charge in [-0.05, 0) is 48.7 Å². The van der Waals surface area contributed by atoms with Crippen LogP contribution in [0.15, 0.2) is 71.8 Å². The summed E-state index contributed by atoms with van der Waals surface area (Å²) in [6, 6.07) is 21.1. The molecule has 0 fully saturated rings. The first-order valence-corrected chi connectivity index (χ1v) is 9.73. The molecular formula is C24H23ClN2O2. The highest BCUT2D eigenvalue weighted by Crippen LogP contribution is 2.19. The second-order valence-electron chi connectivity index (χ2n) is 6.85. The summed E-state index contributed by atoms with van der Waals surface area (Å²) in [6.45, 7) is 4.42. The highest BCUT2D eigenvalue weighted by atomic mass is 35.5. The monoisotopic (exact) mass is 406 g/mol. The van der Waals surface area contributed by atoms with Crippen LogP contribution in [0.4, 0.5) is 0 Å². The Balaban J connectivity index is 1.54. The van der Waals surface area contributed by atoms with Crippen molar-refractivity contribution in [3.63, 3.8) is 0 Å². The first-order chi connectivity index (χ1) is 14.0. The number of nitrogens with zero attached hydrogens (tertiary/aromatic N) is 1. The Bertz CT molecular complexity index is 1030. The molecule has 0 aliphatic carbocycles. The number of amides is 1. The smallest absolute Gasteiger partial charge is 0.244 e. The normalized spacial score (nSPS) is 10.9. The van der Waals surface area contributed by atoms with Crippen LogP contribution in [0, 0.1) is 13.8 Å². The molecule has 0 unspecified atom stereocenters. The van der Waals surface area contributed by atoms with Crippen molar-refractivity contribution in [1.82, 2.24) is 5.43 Å². The Labute approximate surface area is 176 Å². The molecule has 1 amide bonds. The fourth-order valence-electron chi connectivity index (χ4n) is 2.90. The molecule has 0 saturated carbocycles. The van der Waals surface area contributed by atoms with Gasteiger partial charge in [0.15, 0.2) is 0 Å². The van der Waals surface area contributed by atoms with Crippen LogP contribution in [0.5, 0.6) is 5.75 Å². The fourth-order valence-corrected chi connectivity index (χ4v) is 3.09. The van der Waals surface area contributed by atoms with E-state index in [1.165, 1.54) is 5.56 Å². The van der Waals surface area contributed by atoms with Gasteiger partial charge in [-0.1, -0.05) is 65.7 Å². The molecule has 5 heteroatoms. The van der Waals surface area contributed by atoms with E-state index < -0.39 is 0 Å². The number of hydrogen-bond donors (Lipinski definition) is 1. The van der Waals surface area contributed by atoms with Gasteiger partial charge in [0.05, 0.1) is 12.6 Å². The lowest BCUT2D eigenvalue weighted by Gasteiger charge is -2.08. The van der Waals surface area contributed by atoms with E-state index in [-0.39, 0.29) is 5.91 Å². The van der Waals surface area contributed by atoms with Crippen molar-refractivity contribution in [3.05, 3.63) is 99.6 Å². The highest BCUT2D eigenvalue weighted by molar-refractivity contribution is 6.31. The van der Waals surface area contributed by atoms with E-state index in [9.17, 15) is 4.79 Å². The lowest BCUT2D eigenvalue weighted by atomic mass is 10.0. The zero-order valence-corrected chi connectivity index (χ0v) is 17.2. The number of halogens is 1. The topological polar surface area (TPSA) is 50.7 Å². The molecule has 0 aromatic heterocycles. The molecule has 0 saturated heterocycles. The number of benzene rings is 3. The minimum Gasteiger partial charge on any atom is -0.489 e. The fraction of sp³-hybridized carbons (Fsp3) is 0.167. The average molecular weight is 407 g/mol. The molecule has 0 heterocycles. The molecule has 1 N–H and O–H groups in total. The molecule has 0 aliphatic heterocycles.